The van der Waals surface area contributed by atoms with Crippen molar-refractivity contribution in [3.63, 3.8) is 0 Å². The lowest BCUT2D eigenvalue weighted by Gasteiger charge is -2.25. The molecule has 1 fully saturated rings. The number of sulfone groups is 1. The normalized spacial score (nSPS) is 18.2. The van der Waals surface area contributed by atoms with Gasteiger partial charge in [0.15, 0.2) is 9.84 Å². The number of halogens is 3. The predicted octanol–water partition coefficient (Wildman–Crippen LogP) is 3.98. The number of nitrogens with zero attached hydrogens (tertiary/aromatic N) is 1. The molecule has 0 bridgehead atoms. The maximum absolute atomic E-state index is 12.9. The summed E-state index contributed by atoms with van der Waals surface area (Å²) < 4.78 is 68.4. The predicted molar refractivity (Wildman–Crippen MR) is 147 cm³/mol. The first-order chi connectivity index (χ1) is 19.4. The molecule has 41 heavy (non-hydrogen) atoms. The lowest BCUT2D eigenvalue weighted by Crippen LogP contribution is -2.33. The van der Waals surface area contributed by atoms with E-state index in [0.717, 1.165) is 17.8 Å². The summed E-state index contributed by atoms with van der Waals surface area (Å²) >= 11 is 0. The minimum absolute atomic E-state index is 0.0359. The molecule has 4 rings (SSSR count). The highest BCUT2D eigenvalue weighted by molar-refractivity contribution is 7.91. The number of alkyl halides is 3. The summed E-state index contributed by atoms with van der Waals surface area (Å²) in [6.45, 7) is 1.38. The van der Waals surface area contributed by atoms with Crippen LogP contribution < -0.4 is 15.0 Å². The number of anilines is 1. The van der Waals surface area contributed by atoms with Crippen LogP contribution in [0.25, 0.3) is 0 Å². The van der Waals surface area contributed by atoms with E-state index < -0.39 is 40.1 Å². The molecule has 0 radical (unpaired) electrons. The van der Waals surface area contributed by atoms with E-state index in [1.807, 2.05) is 4.90 Å². The van der Waals surface area contributed by atoms with Gasteiger partial charge >= 0.3 is 6.18 Å². The smallest absolute Gasteiger partial charge is 0.416 e. The molecular formula is C29H31F3N2O6S. The average molecular weight is 593 g/mol. The van der Waals surface area contributed by atoms with Crippen molar-refractivity contribution in [2.45, 2.75) is 42.6 Å². The fourth-order valence-electron chi connectivity index (χ4n) is 4.72. The molecule has 1 aliphatic rings. The van der Waals surface area contributed by atoms with E-state index in [-0.39, 0.29) is 29.4 Å². The molecule has 3 atom stereocenters. The number of hydrogen-bond donors (Lipinski definition) is 3. The van der Waals surface area contributed by atoms with Crippen molar-refractivity contribution in [1.29, 1.82) is 0 Å². The van der Waals surface area contributed by atoms with E-state index in [1.54, 1.807) is 43.3 Å². The van der Waals surface area contributed by atoms with Gasteiger partial charge in [-0.05, 0) is 66.2 Å². The van der Waals surface area contributed by atoms with E-state index in [2.05, 4.69) is 5.32 Å². The monoisotopic (exact) mass is 592 g/mol. The number of carbonyl (C=O) groups is 1. The van der Waals surface area contributed by atoms with E-state index >= 15 is 0 Å². The second kappa shape index (κ2) is 12.5. The molecule has 1 heterocycles. The van der Waals surface area contributed by atoms with Gasteiger partial charge in [0.25, 0.3) is 5.91 Å². The number of nitrogens with one attached hydrogen (secondary N) is 1. The highest BCUT2D eigenvalue weighted by atomic mass is 32.2. The molecular weight excluding hydrogens is 561 g/mol. The summed E-state index contributed by atoms with van der Waals surface area (Å²) in [6.07, 6.45) is -4.34. The maximum atomic E-state index is 12.9. The fraction of sp³-hybridized carbons (Fsp3) is 0.345. The van der Waals surface area contributed by atoms with Crippen LogP contribution in [0.5, 0.6) is 5.75 Å². The number of ether oxygens (including phenoxy) is 1. The van der Waals surface area contributed by atoms with Crippen molar-refractivity contribution in [1.82, 2.24) is 5.32 Å². The van der Waals surface area contributed by atoms with Crippen LogP contribution in [0.4, 0.5) is 18.9 Å². The molecule has 12 heteroatoms. The summed E-state index contributed by atoms with van der Waals surface area (Å²) in [4.78, 5) is 15.0. The number of rotatable bonds is 10. The van der Waals surface area contributed by atoms with Gasteiger partial charge in [-0.1, -0.05) is 19.1 Å². The lowest BCUT2D eigenvalue weighted by atomic mass is 10.1. The van der Waals surface area contributed by atoms with Crippen molar-refractivity contribution < 1.29 is 41.3 Å². The zero-order valence-electron chi connectivity index (χ0n) is 22.2. The number of hydrogen-bond acceptors (Lipinski definition) is 7. The molecule has 0 aliphatic carbocycles. The van der Waals surface area contributed by atoms with Gasteiger partial charge < -0.3 is 25.2 Å². The number of benzene rings is 3. The van der Waals surface area contributed by atoms with Gasteiger partial charge in [0.1, 0.15) is 11.9 Å². The molecule has 0 unspecified atom stereocenters. The van der Waals surface area contributed by atoms with Crippen LogP contribution in [0, 0.1) is 0 Å². The van der Waals surface area contributed by atoms with Crippen LogP contribution in [0.3, 0.4) is 0 Å². The van der Waals surface area contributed by atoms with E-state index in [0.29, 0.717) is 29.8 Å². The van der Waals surface area contributed by atoms with Crippen LogP contribution in [-0.2, 0) is 16.0 Å². The second-order valence-electron chi connectivity index (χ2n) is 9.71. The highest BCUT2D eigenvalue weighted by Gasteiger charge is 2.34. The number of aliphatic hydroxyl groups excluding tert-OH is 2. The Bertz CT molecular complexity index is 1430. The van der Waals surface area contributed by atoms with Gasteiger partial charge in [0.05, 0.1) is 48.1 Å². The highest BCUT2D eigenvalue weighted by Crippen LogP contribution is 2.32. The third-order valence-electron chi connectivity index (χ3n) is 7.04. The Balaban J connectivity index is 1.39. The second-order valence-corrected chi connectivity index (χ2v) is 12.0. The zero-order valence-corrected chi connectivity index (χ0v) is 23.0. The largest absolute Gasteiger partial charge is 0.489 e. The Morgan fingerprint density at radius 3 is 2.20 bits per heavy atom. The third kappa shape index (κ3) is 7.19. The standard InChI is InChI=1S/C29H31F3N2O6S/c1-2-41(38,39)26-13-5-19(6-14-26)27(18-36)33-28(37)20-3-9-22(10-4-20)34-16-25(15-23(34)17-35)40-24-11-7-21(8-12-24)29(30,31)32/h3-14,23,25,27,35-36H,2,15-18H2,1H3,(H,33,37)/t23-,25+,27-/m0/s1. The summed E-state index contributed by atoms with van der Waals surface area (Å²) in [5, 5.41) is 22.5. The molecule has 3 aromatic carbocycles. The van der Waals surface area contributed by atoms with Gasteiger partial charge in [-0.15, -0.1) is 0 Å². The molecule has 1 aliphatic heterocycles. The quantitative estimate of drug-likeness (QED) is 0.326. The van der Waals surface area contributed by atoms with Crippen LogP contribution in [-0.4, -0.2) is 62.2 Å². The Kier molecular flexibility index (Phi) is 9.25. The van der Waals surface area contributed by atoms with Crippen LogP contribution in [0.2, 0.25) is 0 Å². The topological polar surface area (TPSA) is 116 Å². The Hall–Kier alpha value is -3.61. The van der Waals surface area contributed by atoms with Gasteiger partial charge in [-0.2, -0.15) is 13.2 Å². The molecule has 3 aromatic rings. The summed E-state index contributed by atoms with van der Waals surface area (Å²) in [5.74, 6) is -0.177. The van der Waals surface area contributed by atoms with Crippen molar-refractivity contribution in [2.24, 2.45) is 0 Å². The summed E-state index contributed by atoms with van der Waals surface area (Å²) in [7, 11) is -3.37. The fourth-order valence-corrected chi connectivity index (χ4v) is 5.60. The first-order valence-corrected chi connectivity index (χ1v) is 14.7. The molecule has 1 amide bonds. The minimum atomic E-state index is -4.43. The lowest BCUT2D eigenvalue weighted by molar-refractivity contribution is -0.137. The molecule has 0 aromatic heterocycles. The Morgan fingerprint density at radius 1 is 1.02 bits per heavy atom. The SMILES string of the molecule is CCS(=O)(=O)c1ccc([C@H](CO)NC(=O)c2ccc(N3C[C@H](Oc4ccc(C(F)(F)F)cc4)C[C@H]3CO)cc2)cc1. The summed E-state index contributed by atoms with van der Waals surface area (Å²) in [6, 6.07) is 16.1. The van der Waals surface area contributed by atoms with Crippen molar-refractivity contribution in [3.8, 4) is 5.75 Å². The van der Waals surface area contributed by atoms with Crippen molar-refractivity contribution >= 4 is 21.4 Å². The first-order valence-electron chi connectivity index (χ1n) is 13.0. The Morgan fingerprint density at radius 2 is 1.66 bits per heavy atom. The third-order valence-corrected chi connectivity index (χ3v) is 8.79. The van der Waals surface area contributed by atoms with Gasteiger partial charge in [0.2, 0.25) is 0 Å². The number of amides is 1. The molecule has 220 valence electrons. The molecule has 3 N–H and O–H groups in total. The first kappa shape index (κ1) is 30.4. The van der Waals surface area contributed by atoms with E-state index in [1.165, 1.54) is 24.3 Å². The minimum Gasteiger partial charge on any atom is -0.489 e. The van der Waals surface area contributed by atoms with E-state index in [4.69, 9.17) is 4.74 Å². The van der Waals surface area contributed by atoms with Gasteiger partial charge in [-0.25, -0.2) is 8.42 Å². The van der Waals surface area contributed by atoms with Crippen molar-refractivity contribution in [2.75, 3.05) is 30.4 Å². The summed E-state index contributed by atoms with van der Waals surface area (Å²) in [5.41, 5.74) is 0.843. The molecule has 8 nitrogen and oxygen atoms in total. The number of carbonyl (C=O) groups excluding carboxylic acids is 1. The van der Waals surface area contributed by atoms with Crippen LogP contribution >= 0.6 is 0 Å². The number of aliphatic hydroxyl groups is 2. The zero-order chi connectivity index (χ0) is 29.8. The maximum Gasteiger partial charge on any atom is 0.416 e. The Labute approximate surface area is 236 Å². The van der Waals surface area contributed by atoms with E-state index in [9.17, 15) is 36.6 Å². The van der Waals surface area contributed by atoms with Crippen molar-refractivity contribution in [3.05, 3.63) is 89.5 Å². The van der Waals surface area contributed by atoms with Crippen LogP contribution in [0.1, 0.15) is 40.9 Å². The molecule has 1 saturated heterocycles. The van der Waals surface area contributed by atoms with Gasteiger partial charge in [0, 0.05) is 17.7 Å². The van der Waals surface area contributed by atoms with Crippen LogP contribution in [0.15, 0.2) is 77.7 Å². The molecule has 0 spiro atoms. The average Bonchev–Trinajstić information content (AvgIpc) is 3.38. The molecule has 0 saturated carbocycles. The van der Waals surface area contributed by atoms with Gasteiger partial charge in [-0.3, -0.25) is 4.79 Å².